The predicted molar refractivity (Wildman–Crippen MR) is 102 cm³/mol. The Balaban J connectivity index is 1.93. The standard InChI is InChI=1S/C16H12Cl2N4O4S/c1-9-15(20-19-10-5-3-2-4-6-10)16(23)22(21-9)13-7-12(18)14(8-11(13)17)27(24,25)26/h2-8,15H,1H3,(H,24,25,26). The van der Waals surface area contributed by atoms with Crippen molar-refractivity contribution in [1.82, 2.24) is 0 Å². The molecule has 0 saturated carbocycles. The Morgan fingerprint density at radius 2 is 1.81 bits per heavy atom. The smallest absolute Gasteiger partial charge is 0.282 e. The van der Waals surface area contributed by atoms with Gasteiger partial charge in [-0.25, -0.2) is 0 Å². The summed E-state index contributed by atoms with van der Waals surface area (Å²) in [6, 6.07) is 10.0. The third-order valence-electron chi connectivity index (χ3n) is 3.65. The van der Waals surface area contributed by atoms with E-state index in [2.05, 4.69) is 15.3 Å². The van der Waals surface area contributed by atoms with Gasteiger partial charge in [0.15, 0.2) is 6.04 Å². The van der Waals surface area contributed by atoms with Gasteiger partial charge in [0, 0.05) is 0 Å². The molecule has 0 aliphatic carbocycles. The first-order chi connectivity index (χ1) is 12.7. The Morgan fingerprint density at radius 1 is 1.15 bits per heavy atom. The van der Waals surface area contributed by atoms with E-state index in [1.165, 1.54) is 0 Å². The lowest BCUT2D eigenvalue weighted by molar-refractivity contribution is -0.117. The SMILES string of the molecule is CC1=NN(c2cc(Cl)c(S(=O)(=O)O)cc2Cl)C(=O)C1N=Nc1ccccc1. The van der Waals surface area contributed by atoms with Crippen LogP contribution in [0.4, 0.5) is 11.4 Å². The van der Waals surface area contributed by atoms with E-state index in [1.54, 1.807) is 31.2 Å². The maximum atomic E-state index is 12.7. The molecule has 27 heavy (non-hydrogen) atoms. The normalized spacial score (nSPS) is 17.6. The number of rotatable bonds is 4. The van der Waals surface area contributed by atoms with Gasteiger partial charge in [0.25, 0.3) is 16.0 Å². The van der Waals surface area contributed by atoms with Crippen molar-refractivity contribution < 1.29 is 17.8 Å². The molecule has 1 unspecified atom stereocenters. The number of benzene rings is 2. The van der Waals surface area contributed by atoms with Gasteiger partial charge in [-0.15, -0.1) is 0 Å². The van der Waals surface area contributed by atoms with Crippen molar-refractivity contribution in [2.75, 3.05) is 5.01 Å². The molecule has 1 aliphatic heterocycles. The molecule has 1 heterocycles. The zero-order chi connectivity index (χ0) is 19.8. The quantitative estimate of drug-likeness (QED) is 0.584. The van der Waals surface area contributed by atoms with E-state index in [4.69, 9.17) is 27.8 Å². The Labute approximate surface area is 164 Å². The monoisotopic (exact) mass is 426 g/mol. The first kappa shape index (κ1) is 19.4. The molecule has 0 fully saturated rings. The van der Waals surface area contributed by atoms with Crippen molar-refractivity contribution in [2.45, 2.75) is 17.9 Å². The highest BCUT2D eigenvalue weighted by Gasteiger charge is 2.36. The molecular weight excluding hydrogens is 415 g/mol. The topological polar surface area (TPSA) is 112 Å². The van der Waals surface area contributed by atoms with Gasteiger partial charge in [0.05, 0.1) is 27.1 Å². The van der Waals surface area contributed by atoms with E-state index in [0.717, 1.165) is 17.1 Å². The zero-order valence-corrected chi connectivity index (χ0v) is 16.1. The lowest BCUT2D eigenvalue weighted by Crippen LogP contribution is -2.30. The molecule has 1 amide bonds. The van der Waals surface area contributed by atoms with Crippen LogP contribution in [-0.4, -0.2) is 30.6 Å². The molecule has 0 saturated heterocycles. The van der Waals surface area contributed by atoms with Crippen molar-refractivity contribution in [3.05, 3.63) is 52.5 Å². The molecule has 11 heteroatoms. The van der Waals surface area contributed by atoms with Crippen molar-refractivity contribution in [1.29, 1.82) is 0 Å². The minimum absolute atomic E-state index is 0.0656. The van der Waals surface area contributed by atoms with E-state index in [1.807, 2.05) is 6.07 Å². The molecule has 140 valence electrons. The van der Waals surface area contributed by atoms with Crippen LogP contribution in [0.1, 0.15) is 6.92 Å². The van der Waals surface area contributed by atoms with Crippen LogP contribution >= 0.6 is 23.2 Å². The third-order valence-corrected chi connectivity index (χ3v) is 5.27. The molecule has 0 bridgehead atoms. The number of hydrogen-bond acceptors (Lipinski definition) is 6. The summed E-state index contributed by atoms with van der Waals surface area (Å²) in [5, 5.41) is 12.7. The van der Waals surface area contributed by atoms with Gasteiger partial charge < -0.3 is 0 Å². The van der Waals surface area contributed by atoms with Gasteiger partial charge in [0.1, 0.15) is 4.90 Å². The fourth-order valence-corrected chi connectivity index (χ4v) is 3.69. The highest BCUT2D eigenvalue weighted by Crippen LogP contribution is 2.36. The van der Waals surface area contributed by atoms with Gasteiger partial charge in [-0.05, 0) is 31.2 Å². The molecule has 2 aromatic carbocycles. The van der Waals surface area contributed by atoms with E-state index in [9.17, 15) is 13.2 Å². The van der Waals surface area contributed by atoms with Gasteiger partial charge in [-0.3, -0.25) is 9.35 Å². The second-order valence-corrected chi connectivity index (χ2v) is 7.76. The van der Waals surface area contributed by atoms with Crippen LogP contribution in [0.2, 0.25) is 10.0 Å². The van der Waals surface area contributed by atoms with Crippen LogP contribution < -0.4 is 5.01 Å². The molecule has 1 aliphatic rings. The molecule has 0 radical (unpaired) electrons. The fraction of sp³-hybridized carbons (Fsp3) is 0.125. The predicted octanol–water partition coefficient (Wildman–Crippen LogP) is 4.12. The van der Waals surface area contributed by atoms with Crippen molar-refractivity contribution in [3.8, 4) is 0 Å². The second-order valence-electron chi connectivity index (χ2n) is 5.55. The number of hydrogen-bond donors (Lipinski definition) is 1. The summed E-state index contributed by atoms with van der Waals surface area (Å²) >= 11 is 12.0. The van der Waals surface area contributed by atoms with Crippen molar-refractivity contribution >= 4 is 56.3 Å². The number of amides is 1. The van der Waals surface area contributed by atoms with Gasteiger partial charge >= 0.3 is 0 Å². The second kappa shape index (κ2) is 7.35. The van der Waals surface area contributed by atoms with Crippen LogP contribution in [0.3, 0.4) is 0 Å². The summed E-state index contributed by atoms with van der Waals surface area (Å²) in [4.78, 5) is 12.1. The minimum atomic E-state index is -4.56. The van der Waals surface area contributed by atoms with E-state index in [0.29, 0.717) is 11.4 Å². The minimum Gasteiger partial charge on any atom is -0.282 e. The first-order valence-electron chi connectivity index (χ1n) is 7.50. The average molecular weight is 427 g/mol. The Kier molecular flexibility index (Phi) is 5.29. The number of nitrogens with zero attached hydrogens (tertiary/aromatic N) is 4. The van der Waals surface area contributed by atoms with Crippen molar-refractivity contribution in [2.24, 2.45) is 15.3 Å². The summed E-state index contributed by atoms with van der Waals surface area (Å²) in [6.07, 6.45) is 0. The molecular formula is C16H12Cl2N4O4S. The lowest BCUT2D eigenvalue weighted by Gasteiger charge is -2.15. The third kappa shape index (κ3) is 4.01. The maximum Gasteiger partial charge on any atom is 0.296 e. The largest absolute Gasteiger partial charge is 0.296 e. The fourth-order valence-electron chi connectivity index (χ4n) is 2.36. The molecule has 0 aromatic heterocycles. The van der Waals surface area contributed by atoms with Gasteiger partial charge in [-0.2, -0.15) is 28.8 Å². The first-order valence-corrected chi connectivity index (χ1v) is 9.69. The van der Waals surface area contributed by atoms with Crippen LogP contribution in [-0.2, 0) is 14.9 Å². The number of carbonyl (C=O) groups excluding carboxylic acids is 1. The molecule has 3 rings (SSSR count). The number of hydrazone groups is 1. The summed E-state index contributed by atoms with van der Waals surface area (Å²) in [5.74, 6) is -0.523. The molecule has 0 spiro atoms. The molecule has 2 aromatic rings. The van der Waals surface area contributed by atoms with Gasteiger partial charge in [-0.1, -0.05) is 41.4 Å². The Hall–Kier alpha value is -2.33. The highest BCUT2D eigenvalue weighted by molar-refractivity contribution is 7.86. The molecule has 1 atom stereocenters. The van der Waals surface area contributed by atoms with Crippen LogP contribution in [0.15, 0.2) is 62.7 Å². The van der Waals surface area contributed by atoms with E-state index in [-0.39, 0.29) is 15.7 Å². The maximum absolute atomic E-state index is 12.7. The summed E-state index contributed by atoms with van der Waals surface area (Å²) in [6.45, 7) is 1.61. The summed E-state index contributed by atoms with van der Waals surface area (Å²) in [7, 11) is -4.56. The summed E-state index contributed by atoms with van der Waals surface area (Å²) < 4.78 is 31.8. The number of carbonyl (C=O) groups is 1. The van der Waals surface area contributed by atoms with Crippen LogP contribution in [0.5, 0.6) is 0 Å². The number of anilines is 1. The highest BCUT2D eigenvalue weighted by atomic mass is 35.5. The molecule has 8 nitrogen and oxygen atoms in total. The Bertz CT molecular complexity index is 1070. The number of azo groups is 1. The van der Waals surface area contributed by atoms with Crippen LogP contribution in [0, 0.1) is 0 Å². The Morgan fingerprint density at radius 3 is 2.44 bits per heavy atom. The number of halogens is 2. The van der Waals surface area contributed by atoms with Crippen LogP contribution in [0.25, 0.3) is 0 Å². The summed E-state index contributed by atoms with van der Waals surface area (Å²) in [5.41, 5.74) is 1.02. The average Bonchev–Trinajstić information content (AvgIpc) is 2.89. The van der Waals surface area contributed by atoms with Gasteiger partial charge in [0.2, 0.25) is 0 Å². The van der Waals surface area contributed by atoms with E-state index >= 15 is 0 Å². The van der Waals surface area contributed by atoms with Crippen molar-refractivity contribution in [3.63, 3.8) is 0 Å². The molecule has 1 N–H and O–H groups in total. The van der Waals surface area contributed by atoms with E-state index < -0.39 is 27.0 Å². The zero-order valence-electron chi connectivity index (χ0n) is 13.7. The lowest BCUT2D eigenvalue weighted by atomic mass is 10.2.